The van der Waals surface area contributed by atoms with Gasteiger partial charge < -0.3 is 20.5 Å². The van der Waals surface area contributed by atoms with E-state index in [-0.39, 0.29) is 11.8 Å². The van der Waals surface area contributed by atoms with Gasteiger partial charge in [0.1, 0.15) is 17.8 Å². The summed E-state index contributed by atoms with van der Waals surface area (Å²) in [7, 11) is 1.95. The van der Waals surface area contributed by atoms with Gasteiger partial charge in [0.15, 0.2) is 0 Å². The van der Waals surface area contributed by atoms with Gasteiger partial charge in [0.2, 0.25) is 0 Å². The van der Waals surface area contributed by atoms with E-state index in [9.17, 15) is 9.59 Å². The lowest BCUT2D eigenvalue weighted by Gasteiger charge is -2.20. The molecule has 194 valence electrons. The van der Waals surface area contributed by atoms with Crippen molar-refractivity contribution in [3.63, 3.8) is 0 Å². The lowest BCUT2D eigenvalue weighted by molar-refractivity contribution is -0.112. The third-order valence-electron chi connectivity index (χ3n) is 7.11. The summed E-state index contributed by atoms with van der Waals surface area (Å²) in [5, 5.41) is 3.60. The van der Waals surface area contributed by atoms with Crippen LogP contribution in [0, 0.1) is 0 Å². The van der Waals surface area contributed by atoms with Crippen LogP contribution in [0.1, 0.15) is 43.0 Å². The topological polar surface area (TPSA) is 106 Å². The van der Waals surface area contributed by atoms with E-state index in [4.69, 9.17) is 5.73 Å². The number of nitrogens with zero attached hydrogens (tertiary/aromatic N) is 4. The van der Waals surface area contributed by atoms with Crippen molar-refractivity contribution in [1.82, 2.24) is 19.4 Å². The summed E-state index contributed by atoms with van der Waals surface area (Å²) >= 11 is 0. The van der Waals surface area contributed by atoms with Gasteiger partial charge in [-0.2, -0.15) is 0 Å². The van der Waals surface area contributed by atoms with Crippen molar-refractivity contribution in [2.75, 3.05) is 24.1 Å². The molecule has 2 amide bonds. The van der Waals surface area contributed by atoms with Crippen LogP contribution in [0.2, 0.25) is 0 Å². The van der Waals surface area contributed by atoms with Crippen molar-refractivity contribution in [2.24, 2.45) is 7.05 Å². The van der Waals surface area contributed by atoms with E-state index < -0.39 is 0 Å². The Morgan fingerprint density at radius 3 is 2.18 bits per heavy atom. The molecule has 0 bridgehead atoms. The van der Waals surface area contributed by atoms with Crippen LogP contribution in [0.25, 0.3) is 33.4 Å². The molecule has 38 heavy (non-hydrogen) atoms. The summed E-state index contributed by atoms with van der Waals surface area (Å²) in [5.41, 5.74) is 12.5. The maximum atomic E-state index is 13.2. The lowest BCUT2D eigenvalue weighted by atomic mass is 9.97. The number of benzene rings is 2. The van der Waals surface area contributed by atoms with E-state index in [1.54, 1.807) is 6.92 Å². The molecule has 8 nitrogen and oxygen atoms in total. The van der Waals surface area contributed by atoms with Crippen LogP contribution < -0.4 is 11.1 Å². The number of aryl methyl sites for hydroxylation is 1. The molecule has 0 radical (unpaired) electrons. The second kappa shape index (κ2) is 10.5. The molecule has 0 unspecified atom stereocenters. The Morgan fingerprint density at radius 1 is 0.921 bits per heavy atom. The van der Waals surface area contributed by atoms with Gasteiger partial charge in [-0.25, -0.2) is 9.97 Å². The number of carbonyl (C=O) groups is 2. The van der Waals surface area contributed by atoms with Crippen LogP contribution in [-0.2, 0) is 11.8 Å². The predicted octanol–water partition coefficient (Wildman–Crippen LogP) is 5.42. The van der Waals surface area contributed by atoms with Crippen molar-refractivity contribution < 1.29 is 9.59 Å². The van der Waals surface area contributed by atoms with Crippen molar-refractivity contribution in [3.8, 4) is 22.4 Å². The van der Waals surface area contributed by atoms with E-state index in [0.717, 1.165) is 53.7 Å². The highest BCUT2D eigenvalue weighted by molar-refractivity contribution is 6.08. The number of nitrogens with two attached hydrogens (primary N) is 1. The first-order valence-electron chi connectivity index (χ1n) is 12.9. The van der Waals surface area contributed by atoms with Gasteiger partial charge in [-0.05, 0) is 55.2 Å². The Balaban J connectivity index is 1.56. The van der Waals surface area contributed by atoms with Gasteiger partial charge in [0.05, 0.1) is 11.1 Å². The van der Waals surface area contributed by atoms with E-state index >= 15 is 0 Å². The van der Waals surface area contributed by atoms with Gasteiger partial charge in [0, 0.05) is 42.5 Å². The molecular formula is C30H32N6O2. The van der Waals surface area contributed by atoms with Gasteiger partial charge in [-0.15, -0.1) is 0 Å². The lowest BCUT2D eigenvalue weighted by Crippen LogP contribution is -2.31. The fourth-order valence-electron chi connectivity index (χ4n) is 5.08. The minimum atomic E-state index is -0.221. The Morgan fingerprint density at radius 2 is 1.55 bits per heavy atom. The Hall–Kier alpha value is -4.46. The van der Waals surface area contributed by atoms with Crippen molar-refractivity contribution in [2.45, 2.75) is 32.6 Å². The van der Waals surface area contributed by atoms with Crippen molar-refractivity contribution in [1.29, 1.82) is 0 Å². The number of nitrogens with one attached hydrogen (secondary N) is 1. The van der Waals surface area contributed by atoms with Gasteiger partial charge in [0.25, 0.3) is 11.8 Å². The molecule has 5 rings (SSSR count). The molecule has 1 aliphatic rings. The average molecular weight is 509 g/mol. The zero-order chi connectivity index (χ0) is 26.8. The number of rotatable bonds is 5. The molecule has 2 aromatic carbocycles. The average Bonchev–Trinajstić information content (AvgIpc) is 3.06. The zero-order valence-corrected chi connectivity index (χ0v) is 21.8. The SMILES string of the molecule is C=C(C)C(=O)Nc1ccc(-c2c(-c3ccc(C(=O)N4CCCCCC4)cc3)c3c(N)ncnc3n2C)cc1. The molecule has 3 N–H and O–H groups in total. The summed E-state index contributed by atoms with van der Waals surface area (Å²) < 4.78 is 2.00. The van der Waals surface area contributed by atoms with Crippen LogP contribution in [0.4, 0.5) is 11.5 Å². The molecule has 3 heterocycles. The fourth-order valence-corrected chi connectivity index (χ4v) is 5.08. The smallest absolute Gasteiger partial charge is 0.253 e. The van der Waals surface area contributed by atoms with Crippen molar-refractivity contribution in [3.05, 3.63) is 72.6 Å². The molecular weight excluding hydrogens is 476 g/mol. The number of aromatic nitrogens is 3. The monoisotopic (exact) mass is 508 g/mol. The highest BCUT2D eigenvalue weighted by atomic mass is 16.2. The van der Waals surface area contributed by atoms with Gasteiger partial charge in [-0.1, -0.05) is 43.7 Å². The Kier molecular flexibility index (Phi) is 6.96. The molecule has 4 aromatic rings. The van der Waals surface area contributed by atoms with Crippen LogP contribution in [0.3, 0.4) is 0 Å². The highest BCUT2D eigenvalue weighted by Gasteiger charge is 2.23. The Bertz CT molecular complexity index is 1510. The number of hydrogen-bond donors (Lipinski definition) is 2. The normalized spacial score (nSPS) is 13.8. The number of anilines is 2. The first kappa shape index (κ1) is 25.2. The maximum absolute atomic E-state index is 13.2. The summed E-state index contributed by atoms with van der Waals surface area (Å²) in [6.07, 6.45) is 5.93. The van der Waals surface area contributed by atoms with E-state index in [1.165, 1.54) is 19.2 Å². The van der Waals surface area contributed by atoms with Crippen LogP contribution in [0.5, 0.6) is 0 Å². The molecule has 0 atom stereocenters. The zero-order valence-electron chi connectivity index (χ0n) is 21.8. The maximum Gasteiger partial charge on any atom is 0.253 e. The molecule has 2 aromatic heterocycles. The summed E-state index contributed by atoms with van der Waals surface area (Å²) in [5.74, 6) is 0.245. The van der Waals surface area contributed by atoms with Crippen LogP contribution in [-0.4, -0.2) is 44.3 Å². The number of fused-ring (bicyclic) bond motifs is 1. The van der Waals surface area contributed by atoms with Gasteiger partial charge in [-0.3, -0.25) is 9.59 Å². The summed E-state index contributed by atoms with van der Waals surface area (Å²) in [6, 6.07) is 15.3. The van der Waals surface area contributed by atoms with Crippen molar-refractivity contribution >= 4 is 34.4 Å². The minimum Gasteiger partial charge on any atom is -0.383 e. The predicted molar refractivity (Wildman–Crippen MR) is 152 cm³/mol. The summed E-state index contributed by atoms with van der Waals surface area (Å²) in [4.78, 5) is 35.9. The number of amides is 2. The third kappa shape index (κ3) is 4.77. The van der Waals surface area contributed by atoms with Crippen LogP contribution >= 0.6 is 0 Å². The van der Waals surface area contributed by atoms with E-state index in [2.05, 4.69) is 21.9 Å². The minimum absolute atomic E-state index is 0.0758. The standard InChI is InChI=1S/C30H32N6O2/c1-19(2)29(37)34-23-14-12-21(13-15-23)26-24(25-27(31)32-18-33-28(25)35(26)3)20-8-10-22(11-9-20)30(38)36-16-6-4-5-7-17-36/h8-15,18H,1,4-7,16-17H2,2-3H3,(H,34,37)(H2,31,32,33). The molecule has 0 spiro atoms. The third-order valence-corrected chi connectivity index (χ3v) is 7.11. The molecule has 8 heteroatoms. The number of nitrogen functional groups attached to an aromatic ring is 1. The number of likely N-dealkylation sites (tertiary alicyclic amines) is 1. The van der Waals surface area contributed by atoms with E-state index in [0.29, 0.717) is 28.3 Å². The quantitative estimate of drug-likeness (QED) is 0.350. The molecule has 0 saturated carbocycles. The Labute approximate surface area is 222 Å². The number of hydrogen-bond acceptors (Lipinski definition) is 5. The first-order chi connectivity index (χ1) is 18.3. The largest absolute Gasteiger partial charge is 0.383 e. The highest BCUT2D eigenvalue weighted by Crippen LogP contribution is 2.41. The van der Waals surface area contributed by atoms with Crippen LogP contribution in [0.15, 0.2) is 67.0 Å². The second-order valence-electron chi connectivity index (χ2n) is 9.84. The van der Waals surface area contributed by atoms with Gasteiger partial charge >= 0.3 is 0 Å². The second-order valence-corrected chi connectivity index (χ2v) is 9.84. The van der Waals surface area contributed by atoms with E-state index in [1.807, 2.05) is 65.0 Å². The molecule has 1 saturated heterocycles. The fraction of sp³-hybridized carbons (Fsp3) is 0.267. The summed E-state index contributed by atoms with van der Waals surface area (Å²) in [6.45, 7) is 6.98. The molecule has 0 aliphatic carbocycles. The first-order valence-corrected chi connectivity index (χ1v) is 12.9. The number of carbonyl (C=O) groups excluding carboxylic acids is 2. The molecule has 1 aliphatic heterocycles. The molecule has 1 fully saturated rings.